The molecule has 2 N–H and O–H groups in total. The summed E-state index contributed by atoms with van der Waals surface area (Å²) in [4.78, 5) is 27.6. The van der Waals surface area contributed by atoms with Gasteiger partial charge in [-0.25, -0.2) is 0 Å². The van der Waals surface area contributed by atoms with Crippen LogP contribution in [0.1, 0.15) is 38.1 Å². The molecule has 2 rings (SSSR count). The summed E-state index contributed by atoms with van der Waals surface area (Å²) in [6, 6.07) is 7.10. The summed E-state index contributed by atoms with van der Waals surface area (Å²) in [5.41, 5.74) is 1.36. The fourth-order valence-corrected chi connectivity index (χ4v) is 3.36. The number of amides is 2. The fraction of sp³-hybridized carbons (Fsp3) is 0.579. The first-order valence-electron chi connectivity index (χ1n) is 9.11. The van der Waals surface area contributed by atoms with Gasteiger partial charge in [-0.2, -0.15) is 0 Å². The van der Waals surface area contributed by atoms with Gasteiger partial charge in [0, 0.05) is 24.3 Å². The minimum absolute atomic E-state index is 0.0147. The Morgan fingerprint density at radius 1 is 1.12 bits per heavy atom. The summed E-state index contributed by atoms with van der Waals surface area (Å²) in [6.07, 6.45) is 0.355. The van der Waals surface area contributed by atoms with Crippen molar-refractivity contribution >= 4 is 17.5 Å². The Morgan fingerprint density at radius 3 is 2.20 bits per heavy atom. The minimum atomic E-state index is -0.0147. The van der Waals surface area contributed by atoms with Crippen molar-refractivity contribution in [1.29, 1.82) is 0 Å². The van der Waals surface area contributed by atoms with Gasteiger partial charge in [0.15, 0.2) is 6.54 Å². The van der Waals surface area contributed by atoms with Gasteiger partial charge < -0.3 is 19.9 Å². The van der Waals surface area contributed by atoms with Gasteiger partial charge in [-0.3, -0.25) is 9.59 Å². The van der Waals surface area contributed by atoms with Crippen LogP contribution in [-0.2, 0) is 9.53 Å². The second kappa shape index (κ2) is 8.97. The van der Waals surface area contributed by atoms with Gasteiger partial charge in [0.1, 0.15) is 25.3 Å². The molecule has 1 fully saturated rings. The van der Waals surface area contributed by atoms with Gasteiger partial charge in [-0.1, -0.05) is 0 Å². The summed E-state index contributed by atoms with van der Waals surface area (Å²) in [5, 5.41) is 2.92. The van der Waals surface area contributed by atoms with Crippen LogP contribution in [0.2, 0.25) is 0 Å². The maximum atomic E-state index is 12.3. The van der Waals surface area contributed by atoms with E-state index in [1.54, 1.807) is 29.2 Å². The highest BCUT2D eigenvalue weighted by Gasteiger charge is 2.27. The highest BCUT2D eigenvalue weighted by molar-refractivity contribution is 5.96. The number of hydrogen-bond donors (Lipinski definition) is 2. The summed E-state index contributed by atoms with van der Waals surface area (Å²) in [6.45, 7) is 11.5. The standard InChI is InChI=1S/C19H29N3O3/c1-5-22(6-2)19(24)16-7-9-17(10-8-16)20-18(23)13-21-11-14(3)25-15(4)12-21/h7-10,14-15H,5-6,11-13H2,1-4H3,(H,20,23)/p+1/t14-,15+. The van der Waals surface area contributed by atoms with Gasteiger partial charge in [-0.05, 0) is 52.0 Å². The Labute approximate surface area is 150 Å². The zero-order valence-electron chi connectivity index (χ0n) is 15.7. The molecule has 0 saturated carbocycles. The Bertz CT molecular complexity index is 574. The summed E-state index contributed by atoms with van der Waals surface area (Å²) in [7, 11) is 0. The highest BCUT2D eigenvalue weighted by Crippen LogP contribution is 2.11. The molecule has 1 aromatic rings. The van der Waals surface area contributed by atoms with Crippen LogP contribution in [0.4, 0.5) is 5.69 Å². The van der Waals surface area contributed by atoms with Crippen LogP contribution in [0.15, 0.2) is 24.3 Å². The molecular weight excluding hydrogens is 318 g/mol. The molecule has 0 spiro atoms. The number of morpholine rings is 1. The van der Waals surface area contributed by atoms with Crippen LogP contribution in [0.5, 0.6) is 0 Å². The molecule has 0 aliphatic carbocycles. The van der Waals surface area contributed by atoms with Crippen molar-refractivity contribution in [1.82, 2.24) is 4.90 Å². The summed E-state index contributed by atoms with van der Waals surface area (Å²) in [5.74, 6) is 0.00253. The molecule has 1 unspecified atom stereocenters. The third kappa shape index (κ3) is 5.54. The van der Waals surface area contributed by atoms with E-state index in [0.29, 0.717) is 25.2 Å². The van der Waals surface area contributed by atoms with Gasteiger partial charge in [0.05, 0.1) is 0 Å². The van der Waals surface area contributed by atoms with Gasteiger partial charge in [0.2, 0.25) is 0 Å². The molecule has 1 heterocycles. The molecule has 6 nitrogen and oxygen atoms in total. The first-order valence-corrected chi connectivity index (χ1v) is 9.11. The number of quaternary nitrogens is 1. The average Bonchev–Trinajstić information content (AvgIpc) is 2.55. The summed E-state index contributed by atoms with van der Waals surface area (Å²) < 4.78 is 5.70. The van der Waals surface area contributed by atoms with Crippen molar-refractivity contribution in [3.8, 4) is 0 Å². The molecular formula is C19H30N3O3+. The van der Waals surface area contributed by atoms with Crippen LogP contribution in [-0.4, -0.2) is 61.6 Å². The molecule has 25 heavy (non-hydrogen) atoms. The lowest BCUT2D eigenvalue weighted by atomic mass is 10.1. The molecule has 0 aromatic heterocycles. The van der Waals surface area contributed by atoms with Crippen LogP contribution in [0.25, 0.3) is 0 Å². The molecule has 1 saturated heterocycles. The number of ether oxygens (including phenoxy) is 1. The third-order valence-electron chi connectivity index (χ3n) is 4.49. The van der Waals surface area contributed by atoms with Crippen molar-refractivity contribution in [2.45, 2.75) is 39.9 Å². The summed E-state index contributed by atoms with van der Waals surface area (Å²) >= 11 is 0. The maximum Gasteiger partial charge on any atom is 0.279 e. The van der Waals surface area contributed by atoms with Gasteiger partial charge in [0.25, 0.3) is 11.8 Å². The number of carbonyl (C=O) groups is 2. The highest BCUT2D eigenvalue weighted by atomic mass is 16.5. The van der Waals surface area contributed by atoms with E-state index in [0.717, 1.165) is 18.8 Å². The quantitative estimate of drug-likeness (QED) is 0.799. The molecule has 138 valence electrons. The van der Waals surface area contributed by atoms with E-state index < -0.39 is 0 Å². The number of nitrogens with zero attached hydrogens (tertiary/aromatic N) is 1. The topological polar surface area (TPSA) is 63.1 Å². The fourth-order valence-electron chi connectivity index (χ4n) is 3.36. The van der Waals surface area contributed by atoms with E-state index in [9.17, 15) is 9.59 Å². The molecule has 2 amide bonds. The van der Waals surface area contributed by atoms with E-state index in [4.69, 9.17) is 4.74 Å². The lowest BCUT2D eigenvalue weighted by Crippen LogP contribution is -3.16. The third-order valence-corrected chi connectivity index (χ3v) is 4.49. The molecule has 1 aromatic carbocycles. The Hall–Kier alpha value is -1.92. The van der Waals surface area contributed by atoms with Crippen molar-refractivity contribution in [2.24, 2.45) is 0 Å². The minimum Gasteiger partial charge on any atom is -0.364 e. The number of carbonyl (C=O) groups excluding carboxylic acids is 2. The van der Waals surface area contributed by atoms with Crippen LogP contribution >= 0.6 is 0 Å². The van der Waals surface area contributed by atoms with Crippen molar-refractivity contribution < 1.29 is 19.2 Å². The molecule has 3 atom stereocenters. The van der Waals surface area contributed by atoms with Crippen LogP contribution in [0, 0.1) is 0 Å². The Kier molecular flexibility index (Phi) is 6.96. The zero-order chi connectivity index (χ0) is 18.4. The first-order chi connectivity index (χ1) is 11.9. The average molecular weight is 348 g/mol. The van der Waals surface area contributed by atoms with Crippen LogP contribution < -0.4 is 10.2 Å². The predicted molar refractivity (Wildman–Crippen MR) is 97.9 cm³/mol. The van der Waals surface area contributed by atoms with Crippen molar-refractivity contribution in [3.05, 3.63) is 29.8 Å². The lowest BCUT2D eigenvalue weighted by Gasteiger charge is -2.31. The molecule has 1 aliphatic rings. The Morgan fingerprint density at radius 2 is 1.68 bits per heavy atom. The number of benzene rings is 1. The van der Waals surface area contributed by atoms with E-state index >= 15 is 0 Å². The zero-order valence-corrected chi connectivity index (χ0v) is 15.7. The van der Waals surface area contributed by atoms with Crippen molar-refractivity contribution in [2.75, 3.05) is 38.0 Å². The molecule has 1 aliphatic heterocycles. The number of nitrogens with one attached hydrogen (secondary N) is 2. The second-order valence-electron chi connectivity index (χ2n) is 6.70. The number of rotatable bonds is 6. The number of anilines is 1. The lowest BCUT2D eigenvalue weighted by molar-refractivity contribution is -0.907. The largest absolute Gasteiger partial charge is 0.364 e. The molecule has 0 radical (unpaired) electrons. The maximum absolute atomic E-state index is 12.3. The Balaban J connectivity index is 1.90. The van der Waals surface area contributed by atoms with E-state index in [2.05, 4.69) is 5.32 Å². The predicted octanol–water partition coefficient (Wildman–Crippen LogP) is 0.799. The second-order valence-corrected chi connectivity index (χ2v) is 6.70. The normalized spacial score (nSPS) is 23.1. The van der Waals surface area contributed by atoms with E-state index in [1.807, 2.05) is 27.7 Å². The van der Waals surface area contributed by atoms with E-state index in [1.165, 1.54) is 4.90 Å². The molecule has 0 bridgehead atoms. The van der Waals surface area contributed by atoms with Crippen molar-refractivity contribution in [3.63, 3.8) is 0 Å². The van der Waals surface area contributed by atoms with E-state index in [-0.39, 0.29) is 24.0 Å². The smallest absolute Gasteiger partial charge is 0.279 e. The number of hydrogen-bond acceptors (Lipinski definition) is 3. The van der Waals surface area contributed by atoms with Gasteiger partial charge in [-0.15, -0.1) is 0 Å². The SMILES string of the molecule is CCN(CC)C(=O)c1ccc(NC(=O)C[NH+]2C[C@@H](C)O[C@@H](C)C2)cc1. The molecule has 6 heteroatoms. The van der Waals surface area contributed by atoms with Gasteiger partial charge >= 0.3 is 0 Å². The first kappa shape index (κ1) is 19.4. The van der Waals surface area contributed by atoms with Crippen LogP contribution in [0.3, 0.4) is 0 Å². The monoisotopic (exact) mass is 348 g/mol.